The van der Waals surface area contributed by atoms with Crippen LogP contribution in [0, 0.1) is 0 Å². The summed E-state index contributed by atoms with van der Waals surface area (Å²) in [6.07, 6.45) is 5.06. The van der Waals surface area contributed by atoms with Crippen molar-refractivity contribution in [2.24, 2.45) is 5.10 Å². The summed E-state index contributed by atoms with van der Waals surface area (Å²) in [5, 5.41) is 5.00. The molecule has 0 saturated heterocycles. The fraction of sp³-hybridized carbons (Fsp3) is 0.280. The molecule has 3 aromatic rings. The van der Waals surface area contributed by atoms with E-state index in [4.69, 9.17) is 4.42 Å². The number of nitrogens with zero attached hydrogens (tertiary/aromatic N) is 2. The molecular formula is C25H26BrN3O2. The first kappa shape index (κ1) is 21.4. The topological polar surface area (TPSA) is 57.8 Å². The number of hydrogen-bond donors (Lipinski definition) is 1. The van der Waals surface area contributed by atoms with Crippen LogP contribution in [-0.4, -0.2) is 24.2 Å². The van der Waals surface area contributed by atoms with Crippen LogP contribution in [0.5, 0.6) is 0 Å². The molecule has 2 heterocycles. The predicted molar refractivity (Wildman–Crippen MR) is 131 cm³/mol. The van der Waals surface area contributed by atoms with Gasteiger partial charge in [0.15, 0.2) is 5.76 Å². The molecule has 0 saturated carbocycles. The summed E-state index contributed by atoms with van der Waals surface area (Å²) < 4.78 is 6.54. The van der Waals surface area contributed by atoms with E-state index in [-0.39, 0.29) is 17.2 Å². The lowest BCUT2D eigenvalue weighted by molar-refractivity contribution is 0.0929. The molecule has 0 spiro atoms. The Bertz CT molecular complexity index is 1210. The standard InChI is InChI=1S/C25H26BrN3O2/c1-5-10-29-21-8-6-17(11-20(21)16(2)14-25(29,3)4)15-27-28-24(30)23-13-18-12-19(26)7-9-22(18)31-23/h6-9,11-15H,5,10H2,1-4H3,(H,28,30)/b27-15+. The predicted octanol–water partition coefficient (Wildman–Crippen LogP) is 6.37. The van der Waals surface area contributed by atoms with Gasteiger partial charge in [0.2, 0.25) is 0 Å². The molecule has 1 aromatic heterocycles. The van der Waals surface area contributed by atoms with Crippen LogP contribution < -0.4 is 10.3 Å². The second-order valence-electron chi connectivity index (χ2n) is 8.40. The monoisotopic (exact) mass is 479 g/mol. The molecule has 1 amide bonds. The van der Waals surface area contributed by atoms with Crippen molar-refractivity contribution < 1.29 is 9.21 Å². The van der Waals surface area contributed by atoms with Crippen LogP contribution in [0.3, 0.4) is 0 Å². The molecule has 1 N–H and O–H groups in total. The van der Waals surface area contributed by atoms with E-state index in [1.165, 1.54) is 16.8 Å². The lowest BCUT2D eigenvalue weighted by Crippen LogP contribution is -2.45. The molecule has 0 fully saturated rings. The van der Waals surface area contributed by atoms with Gasteiger partial charge in [-0.3, -0.25) is 4.79 Å². The van der Waals surface area contributed by atoms with Crippen molar-refractivity contribution in [2.45, 2.75) is 39.7 Å². The van der Waals surface area contributed by atoms with Crippen LogP contribution in [0.4, 0.5) is 5.69 Å². The zero-order chi connectivity index (χ0) is 22.2. The number of amides is 1. The van der Waals surface area contributed by atoms with E-state index in [1.54, 1.807) is 12.3 Å². The lowest BCUT2D eigenvalue weighted by atomic mass is 9.88. The maximum Gasteiger partial charge on any atom is 0.307 e. The number of nitrogens with one attached hydrogen (secondary N) is 1. The zero-order valence-corrected chi connectivity index (χ0v) is 19.8. The van der Waals surface area contributed by atoms with Crippen LogP contribution >= 0.6 is 15.9 Å². The van der Waals surface area contributed by atoms with Crippen LogP contribution in [0.15, 0.2) is 62.5 Å². The molecule has 1 aliphatic heterocycles. The maximum absolute atomic E-state index is 12.4. The normalized spacial score (nSPS) is 15.3. The Morgan fingerprint density at radius 3 is 2.81 bits per heavy atom. The second kappa shape index (κ2) is 8.35. The molecule has 2 aromatic carbocycles. The van der Waals surface area contributed by atoms with Gasteiger partial charge in [0.05, 0.1) is 11.8 Å². The molecule has 0 unspecified atom stereocenters. The Labute approximate surface area is 190 Å². The summed E-state index contributed by atoms with van der Waals surface area (Å²) >= 11 is 3.42. The number of rotatable bonds is 5. The second-order valence-corrected chi connectivity index (χ2v) is 9.32. The van der Waals surface area contributed by atoms with E-state index in [2.05, 4.69) is 77.3 Å². The molecule has 6 heteroatoms. The van der Waals surface area contributed by atoms with Crippen molar-refractivity contribution in [1.29, 1.82) is 0 Å². The number of hydrazone groups is 1. The number of carbonyl (C=O) groups excluding carboxylic acids is 1. The Morgan fingerprint density at radius 2 is 2.03 bits per heavy atom. The largest absolute Gasteiger partial charge is 0.451 e. The Balaban J connectivity index is 1.52. The third kappa shape index (κ3) is 4.30. The molecule has 5 nitrogen and oxygen atoms in total. The number of halogens is 1. The Morgan fingerprint density at radius 1 is 1.23 bits per heavy atom. The van der Waals surface area contributed by atoms with Gasteiger partial charge in [0.25, 0.3) is 0 Å². The minimum Gasteiger partial charge on any atom is -0.451 e. The first-order valence-corrected chi connectivity index (χ1v) is 11.2. The van der Waals surface area contributed by atoms with Crippen LogP contribution in [-0.2, 0) is 0 Å². The summed E-state index contributed by atoms with van der Waals surface area (Å²) in [7, 11) is 0. The molecule has 1 aliphatic rings. The van der Waals surface area contributed by atoms with E-state index < -0.39 is 0 Å². The molecule has 0 atom stereocenters. The van der Waals surface area contributed by atoms with Gasteiger partial charge in [-0.15, -0.1) is 0 Å². The highest BCUT2D eigenvalue weighted by Gasteiger charge is 2.30. The van der Waals surface area contributed by atoms with Crippen LogP contribution in [0.1, 0.15) is 55.8 Å². The summed E-state index contributed by atoms with van der Waals surface area (Å²) in [6, 6.07) is 13.6. The first-order valence-electron chi connectivity index (χ1n) is 10.4. The fourth-order valence-corrected chi connectivity index (χ4v) is 4.54. The molecule has 0 bridgehead atoms. The highest BCUT2D eigenvalue weighted by Crippen LogP contribution is 2.39. The fourth-order valence-electron chi connectivity index (χ4n) is 4.16. The van der Waals surface area contributed by atoms with Crippen molar-refractivity contribution in [2.75, 3.05) is 11.4 Å². The Kier molecular flexibility index (Phi) is 5.75. The smallest absolute Gasteiger partial charge is 0.307 e. The average Bonchev–Trinajstić information content (AvgIpc) is 3.14. The van der Waals surface area contributed by atoms with Gasteiger partial charge in [-0.25, -0.2) is 5.43 Å². The van der Waals surface area contributed by atoms with E-state index in [0.717, 1.165) is 28.4 Å². The van der Waals surface area contributed by atoms with Gasteiger partial charge in [-0.2, -0.15) is 5.10 Å². The van der Waals surface area contributed by atoms with E-state index >= 15 is 0 Å². The number of benzene rings is 2. The number of fused-ring (bicyclic) bond motifs is 2. The molecule has 160 valence electrons. The molecular weight excluding hydrogens is 454 g/mol. The number of anilines is 1. The van der Waals surface area contributed by atoms with Crippen molar-refractivity contribution in [3.63, 3.8) is 0 Å². The SMILES string of the molecule is CCCN1c2ccc(/C=N/NC(=O)c3cc4cc(Br)ccc4o3)cc2C(C)=CC1(C)C. The van der Waals surface area contributed by atoms with Gasteiger partial charge < -0.3 is 9.32 Å². The zero-order valence-electron chi connectivity index (χ0n) is 18.2. The number of carbonyl (C=O) groups is 1. The van der Waals surface area contributed by atoms with Gasteiger partial charge in [-0.1, -0.05) is 35.0 Å². The molecule has 0 radical (unpaired) electrons. The third-order valence-electron chi connectivity index (χ3n) is 5.53. The lowest BCUT2D eigenvalue weighted by Gasteiger charge is -2.43. The quantitative estimate of drug-likeness (QED) is 0.341. The van der Waals surface area contributed by atoms with E-state index in [1.807, 2.05) is 24.3 Å². The molecule has 0 aliphatic carbocycles. The van der Waals surface area contributed by atoms with Gasteiger partial charge >= 0.3 is 5.91 Å². The van der Waals surface area contributed by atoms with E-state index in [0.29, 0.717) is 5.58 Å². The summed E-state index contributed by atoms with van der Waals surface area (Å²) in [6.45, 7) is 9.84. The van der Waals surface area contributed by atoms with Crippen molar-refractivity contribution in [3.05, 3.63) is 69.9 Å². The first-order chi connectivity index (χ1) is 14.8. The third-order valence-corrected chi connectivity index (χ3v) is 6.02. The minimum atomic E-state index is -0.381. The number of allylic oxidation sites excluding steroid dienone is 1. The summed E-state index contributed by atoms with van der Waals surface area (Å²) in [5.74, 6) is -0.152. The van der Waals surface area contributed by atoms with Gasteiger partial charge in [0.1, 0.15) is 5.58 Å². The van der Waals surface area contributed by atoms with Crippen molar-refractivity contribution in [3.8, 4) is 0 Å². The Hall–Kier alpha value is -2.86. The summed E-state index contributed by atoms with van der Waals surface area (Å²) in [5.41, 5.74) is 7.82. The summed E-state index contributed by atoms with van der Waals surface area (Å²) in [4.78, 5) is 14.9. The van der Waals surface area contributed by atoms with Crippen molar-refractivity contribution >= 4 is 50.3 Å². The molecule has 31 heavy (non-hydrogen) atoms. The highest BCUT2D eigenvalue weighted by atomic mass is 79.9. The number of furan rings is 1. The minimum absolute atomic E-state index is 0.0150. The van der Waals surface area contributed by atoms with E-state index in [9.17, 15) is 4.79 Å². The van der Waals surface area contributed by atoms with Gasteiger partial charge in [-0.05, 0) is 74.7 Å². The van der Waals surface area contributed by atoms with Gasteiger partial charge in [0, 0.05) is 27.7 Å². The van der Waals surface area contributed by atoms with Crippen molar-refractivity contribution in [1.82, 2.24) is 5.43 Å². The van der Waals surface area contributed by atoms with Crippen LogP contribution in [0.25, 0.3) is 16.5 Å². The molecule has 4 rings (SSSR count). The maximum atomic E-state index is 12.4. The highest BCUT2D eigenvalue weighted by molar-refractivity contribution is 9.10. The van der Waals surface area contributed by atoms with Crippen LogP contribution in [0.2, 0.25) is 0 Å². The average molecular weight is 480 g/mol. The number of hydrogen-bond acceptors (Lipinski definition) is 4.